The molecule has 0 spiro atoms. The highest BCUT2D eigenvalue weighted by Crippen LogP contribution is 2.33. The lowest BCUT2D eigenvalue weighted by Gasteiger charge is -2.29. The lowest BCUT2D eigenvalue weighted by molar-refractivity contribution is -0.149. The zero-order valence-corrected chi connectivity index (χ0v) is 16.7. The third-order valence-corrected chi connectivity index (χ3v) is 6.03. The molecule has 3 rings (SSSR count). The number of esters is 1. The Morgan fingerprint density at radius 3 is 2.52 bits per heavy atom. The van der Waals surface area contributed by atoms with Crippen molar-refractivity contribution in [3.63, 3.8) is 0 Å². The first kappa shape index (κ1) is 20.0. The molecule has 1 N–H and O–H groups in total. The fourth-order valence-electron chi connectivity index (χ4n) is 4.24. The van der Waals surface area contributed by atoms with Crippen LogP contribution in [0.15, 0.2) is 24.3 Å². The molecule has 1 atom stereocenters. The van der Waals surface area contributed by atoms with Gasteiger partial charge in [-0.05, 0) is 69.1 Å². The zero-order chi connectivity index (χ0) is 19.2. The molecule has 1 heterocycles. The van der Waals surface area contributed by atoms with Crippen LogP contribution >= 0.6 is 11.6 Å². The monoisotopic (exact) mass is 392 g/mol. The summed E-state index contributed by atoms with van der Waals surface area (Å²) < 4.78 is 5.12. The van der Waals surface area contributed by atoms with Gasteiger partial charge in [0.2, 0.25) is 0 Å². The summed E-state index contributed by atoms with van der Waals surface area (Å²) in [5.41, 5.74) is 1.14. The number of likely N-dealkylation sites (tertiary alicyclic amines) is 1. The average molecular weight is 393 g/mol. The maximum absolute atomic E-state index is 12.7. The van der Waals surface area contributed by atoms with Crippen LogP contribution in [0.2, 0.25) is 5.02 Å². The minimum absolute atomic E-state index is 0.0139. The summed E-state index contributed by atoms with van der Waals surface area (Å²) in [6.07, 6.45) is 5.65. The van der Waals surface area contributed by atoms with Crippen LogP contribution in [0.5, 0.6) is 0 Å². The van der Waals surface area contributed by atoms with Gasteiger partial charge >= 0.3 is 12.0 Å². The molecule has 0 bridgehead atoms. The van der Waals surface area contributed by atoms with Crippen molar-refractivity contribution in [2.75, 3.05) is 19.7 Å². The molecule has 1 aliphatic heterocycles. The maximum atomic E-state index is 12.7. The molecule has 27 heavy (non-hydrogen) atoms. The summed E-state index contributed by atoms with van der Waals surface area (Å²) >= 11 is 5.98. The molecule has 1 saturated heterocycles. The van der Waals surface area contributed by atoms with Gasteiger partial charge in [0.05, 0.1) is 18.6 Å². The van der Waals surface area contributed by atoms with Gasteiger partial charge in [0.15, 0.2) is 0 Å². The molecular weight excluding hydrogens is 364 g/mol. The van der Waals surface area contributed by atoms with E-state index in [-0.39, 0.29) is 24.0 Å². The second-order valence-corrected chi connectivity index (χ2v) is 8.00. The van der Waals surface area contributed by atoms with Crippen molar-refractivity contribution >= 4 is 23.6 Å². The molecular formula is C21H29ClN2O3. The normalized spacial score (nSPS) is 25.3. The molecule has 1 aromatic carbocycles. The summed E-state index contributed by atoms with van der Waals surface area (Å²) in [4.78, 5) is 26.5. The van der Waals surface area contributed by atoms with Crippen LogP contribution < -0.4 is 5.32 Å². The van der Waals surface area contributed by atoms with E-state index in [1.807, 2.05) is 36.1 Å². The number of carbonyl (C=O) groups is 2. The molecule has 2 aliphatic rings. The largest absolute Gasteiger partial charge is 0.466 e. The van der Waals surface area contributed by atoms with Crippen LogP contribution in [-0.2, 0) is 9.53 Å². The minimum atomic E-state index is -0.0668. The standard InChI is InChI=1S/C21H29ClN2O3/c1-2-27-20(25)17-7-5-15(6-8-17)14-23-21(26)24-13-3-4-19(24)16-9-11-18(22)12-10-16/h9-12,15,17,19H,2-8,13-14H2,1H3,(H,23,26)/t15?,17?,19-/m1/s1. The Labute approximate surface area is 166 Å². The number of hydrogen-bond acceptors (Lipinski definition) is 3. The van der Waals surface area contributed by atoms with E-state index in [0.717, 1.165) is 50.6 Å². The third kappa shape index (κ3) is 5.16. The molecule has 1 aromatic rings. The first-order chi connectivity index (χ1) is 13.1. The van der Waals surface area contributed by atoms with E-state index in [1.165, 1.54) is 0 Å². The van der Waals surface area contributed by atoms with Gasteiger partial charge in [0.25, 0.3) is 0 Å². The number of nitrogens with one attached hydrogen (secondary N) is 1. The predicted octanol–water partition coefficient (Wildman–Crippen LogP) is 4.56. The van der Waals surface area contributed by atoms with Gasteiger partial charge in [-0.15, -0.1) is 0 Å². The number of carbonyl (C=O) groups excluding carboxylic acids is 2. The SMILES string of the molecule is CCOC(=O)C1CCC(CNC(=O)N2CCC[C@@H]2c2ccc(Cl)cc2)CC1. The molecule has 2 amide bonds. The Morgan fingerprint density at radius 1 is 1.15 bits per heavy atom. The summed E-state index contributed by atoms with van der Waals surface area (Å²) in [5, 5.41) is 3.83. The van der Waals surface area contributed by atoms with E-state index < -0.39 is 0 Å². The summed E-state index contributed by atoms with van der Waals surface area (Å²) in [7, 11) is 0. The Morgan fingerprint density at radius 2 is 1.85 bits per heavy atom. The van der Waals surface area contributed by atoms with E-state index in [2.05, 4.69) is 5.32 Å². The van der Waals surface area contributed by atoms with Crippen LogP contribution in [0.3, 0.4) is 0 Å². The van der Waals surface area contributed by atoms with Crippen LogP contribution in [0, 0.1) is 11.8 Å². The second-order valence-electron chi connectivity index (χ2n) is 7.56. The maximum Gasteiger partial charge on any atom is 0.317 e. The molecule has 1 saturated carbocycles. The van der Waals surface area contributed by atoms with Crippen LogP contribution in [-0.4, -0.2) is 36.6 Å². The smallest absolute Gasteiger partial charge is 0.317 e. The van der Waals surface area contributed by atoms with Crippen LogP contribution in [0.25, 0.3) is 0 Å². The third-order valence-electron chi connectivity index (χ3n) is 5.78. The van der Waals surface area contributed by atoms with Crippen molar-refractivity contribution < 1.29 is 14.3 Å². The van der Waals surface area contributed by atoms with Gasteiger partial charge < -0.3 is 15.0 Å². The van der Waals surface area contributed by atoms with E-state index in [1.54, 1.807) is 0 Å². The summed E-state index contributed by atoms with van der Waals surface area (Å²) in [6, 6.07) is 7.92. The van der Waals surface area contributed by atoms with E-state index in [9.17, 15) is 9.59 Å². The number of benzene rings is 1. The van der Waals surface area contributed by atoms with Crippen molar-refractivity contribution in [1.29, 1.82) is 0 Å². The number of halogens is 1. The fraction of sp³-hybridized carbons (Fsp3) is 0.619. The Balaban J connectivity index is 1.46. The predicted molar refractivity (Wildman–Crippen MR) is 106 cm³/mol. The number of ether oxygens (including phenoxy) is 1. The van der Waals surface area contributed by atoms with Gasteiger partial charge in [-0.3, -0.25) is 4.79 Å². The lowest BCUT2D eigenvalue weighted by atomic mass is 9.82. The molecule has 2 fully saturated rings. The topological polar surface area (TPSA) is 58.6 Å². The molecule has 0 aromatic heterocycles. The minimum Gasteiger partial charge on any atom is -0.466 e. The average Bonchev–Trinajstić information content (AvgIpc) is 3.17. The number of amides is 2. The van der Waals surface area contributed by atoms with Crippen molar-refractivity contribution in [1.82, 2.24) is 10.2 Å². The highest BCUT2D eigenvalue weighted by molar-refractivity contribution is 6.30. The zero-order valence-electron chi connectivity index (χ0n) is 16.0. The molecule has 6 heteroatoms. The Hall–Kier alpha value is -1.75. The number of nitrogens with zero attached hydrogens (tertiary/aromatic N) is 1. The summed E-state index contributed by atoms with van der Waals surface area (Å²) in [6.45, 7) is 3.75. The molecule has 0 unspecified atom stereocenters. The van der Waals surface area contributed by atoms with Gasteiger partial charge in [0.1, 0.15) is 0 Å². The van der Waals surface area contributed by atoms with Crippen LogP contribution in [0.1, 0.15) is 57.1 Å². The summed E-state index contributed by atoms with van der Waals surface area (Å²) in [5.74, 6) is 0.406. The highest BCUT2D eigenvalue weighted by Gasteiger charge is 2.31. The first-order valence-corrected chi connectivity index (χ1v) is 10.4. The highest BCUT2D eigenvalue weighted by atomic mass is 35.5. The van der Waals surface area contributed by atoms with Gasteiger partial charge in [-0.1, -0.05) is 23.7 Å². The van der Waals surface area contributed by atoms with Crippen molar-refractivity contribution in [3.8, 4) is 0 Å². The quantitative estimate of drug-likeness (QED) is 0.747. The van der Waals surface area contributed by atoms with Crippen molar-refractivity contribution in [2.45, 2.75) is 51.5 Å². The van der Waals surface area contributed by atoms with Gasteiger partial charge in [0, 0.05) is 18.1 Å². The fourth-order valence-corrected chi connectivity index (χ4v) is 4.36. The lowest BCUT2D eigenvalue weighted by Crippen LogP contribution is -2.42. The number of urea groups is 1. The van der Waals surface area contributed by atoms with Gasteiger partial charge in [-0.2, -0.15) is 0 Å². The van der Waals surface area contributed by atoms with E-state index in [0.29, 0.717) is 24.1 Å². The first-order valence-electron chi connectivity index (χ1n) is 10.0. The Kier molecular flexibility index (Phi) is 7.00. The number of hydrogen-bond donors (Lipinski definition) is 1. The molecule has 0 radical (unpaired) electrons. The van der Waals surface area contributed by atoms with E-state index in [4.69, 9.17) is 16.3 Å². The Bertz CT molecular complexity index is 641. The molecule has 148 valence electrons. The van der Waals surface area contributed by atoms with E-state index >= 15 is 0 Å². The number of rotatable bonds is 5. The molecule has 5 nitrogen and oxygen atoms in total. The van der Waals surface area contributed by atoms with Crippen molar-refractivity contribution in [2.24, 2.45) is 11.8 Å². The molecule has 1 aliphatic carbocycles. The van der Waals surface area contributed by atoms with Gasteiger partial charge in [-0.25, -0.2) is 4.79 Å². The van der Waals surface area contributed by atoms with Crippen LogP contribution in [0.4, 0.5) is 4.79 Å². The second kappa shape index (κ2) is 9.45. The van der Waals surface area contributed by atoms with Crippen molar-refractivity contribution in [3.05, 3.63) is 34.9 Å².